The first-order chi connectivity index (χ1) is 12.5. The maximum Gasteiger partial charge on any atom is 0.341 e. The summed E-state index contributed by atoms with van der Waals surface area (Å²) >= 11 is 0. The van der Waals surface area contributed by atoms with Crippen LogP contribution in [0.4, 0.5) is 10.1 Å². The van der Waals surface area contributed by atoms with Gasteiger partial charge in [-0.05, 0) is 36.1 Å². The van der Waals surface area contributed by atoms with Crippen molar-refractivity contribution in [3.05, 3.63) is 51.1 Å². The highest BCUT2D eigenvalue weighted by molar-refractivity contribution is 5.93. The third-order valence-corrected chi connectivity index (χ3v) is 5.55. The lowest BCUT2D eigenvalue weighted by atomic mass is 10.1. The van der Waals surface area contributed by atoms with E-state index in [4.69, 9.17) is 0 Å². The van der Waals surface area contributed by atoms with Gasteiger partial charge in [-0.15, -0.1) is 0 Å². The van der Waals surface area contributed by atoms with Crippen molar-refractivity contribution >= 4 is 22.6 Å². The third kappa shape index (κ3) is 2.27. The molecule has 5 rings (SSSR count). The number of nitrogens with one attached hydrogen (secondary N) is 1. The van der Waals surface area contributed by atoms with Crippen molar-refractivity contribution < 1.29 is 14.3 Å². The fraction of sp³-hybridized carbons (Fsp3) is 0.368. The van der Waals surface area contributed by atoms with Gasteiger partial charge in [0.05, 0.1) is 11.2 Å². The number of aromatic nitrogens is 1. The maximum absolute atomic E-state index is 14.8. The van der Waals surface area contributed by atoms with Gasteiger partial charge in [-0.2, -0.15) is 0 Å². The summed E-state index contributed by atoms with van der Waals surface area (Å²) in [6.07, 6.45) is 3.29. The minimum Gasteiger partial charge on any atom is -0.477 e. The van der Waals surface area contributed by atoms with Crippen LogP contribution in [0.25, 0.3) is 10.9 Å². The second-order valence-corrected chi connectivity index (χ2v) is 7.30. The summed E-state index contributed by atoms with van der Waals surface area (Å²) in [6.45, 7) is 3.06. The minimum absolute atomic E-state index is 0.138. The molecule has 3 heterocycles. The zero-order chi connectivity index (χ0) is 18.0. The van der Waals surface area contributed by atoms with Crippen LogP contribution < -0.4 is 15.6 Å². The SMILES string of the molecule is O=C(O)c1cn(C2CC2)c2cc(N3CC4=C(CNC4)C3)c(F)cc2c1=O. The number of halogens is 1. The Labute approximate surface area is 148 Å². The molecule has 0 atom stereocenters. The number of hydrogen-bond donors (Lipinski definition) is 2. The Balaban J connectivity index is 1.67. The van der Waals surface area contributed by atoms with Crippen molar-refractivity contribution in [2.24, 2.45) is 0 Å². The molecule has 2 aromatic rings. The Hall–Kier alpha value is -2.67. The second-order valence-electron chi connectivity index (χ2n) is 7.30. The van der Waals surface area contributed by atoms with Gasteiger partial charge in [-0.3, -0.25) is 4.79 Å². The Morgan fingerprint density at radius 1 is 1.19 bits per heavy atom. The van der Waals surface area contributed by atoms with E-state index in [1.54, 1.807) is 6.07 Å². The average molecular weight is 355 g/mol. The lowest BCUT2D eigenvalue weighted by Gasteiger charge is -2.22. The first kappa shape index (κ1) is 15.6. The van der Waals surface area contributed by atoms with Crippen LogP contribution in [0.5, 0.6) is 0 Å². The summed E-state index contributed by atoms with van der Waals surface area (Å²) in [7, 11) is 0. The van der Waals surface area contributed by atoms with Crippen LogP contribution in [0.3, 0.4) is 0 Å². The Morgan fingerprint density at radius 2 is 1.88 bits per heavy atom. The molecule has 0 radical (unpaired) electrons. The molecule has 0 unspecified atom stereocenters. The minimum atomic E-state index is -1.27. The lowest BCUT2D eigenvalue weighted by Crippen LogP contribution is -2.27. The van der Waals surface area contributed by atoms with E-state index in [1.165, 1.54) is 23.4 Å². The van der Waals surface area contributed by atoms with Gasteiger partial charge in [0, 0.05) is 43.8 Å². The molecular formula is C19H18FN3O3. The topological polar surface area (TPSA) is 74.6 Å². The van der Waals surface area contributed by atoms with Gasteiger partial charge in [0.15, 0.2) is 0 Å². The molecule has 6 nitrogen and oxygen atoms in total. The van der Waals surface area contributed by atoms with Crippen LogP contribution in [0.15, 0.2) is 34.3 Å². The molecule has 26 heavy (non-hydrogen) atoms. The van der Waals surface area contributed by atoms with E-state index in [2.05, 4.69) is 5.32 Å². The van der Waals surface area contributed by atoms with Crippen molar-refractivity contribution in [2.75, 3.05) is 31.1 Å². The number of carboxylic acids is 1. The van der Waals surface area contributed by atoms with Crippen molar-refractivity contribution in [1.82, 2.24) is 9.88 Å². The molecule has 2 N–H and O–H groups in total. The highest BCUT2D eigenvalue weighted by Crippen LogP contribution is 2.38. The summed E-state index contributed by atoms with van der Waals surface area (Å²) in [6, 6.07) is 3.10. The van der Waals surface area contributed by atoms with E-state index >= 15 is 0 Å². The van der Waals surface area contributed by atoms with Gasteiger partial charge in [0.25, 0.3) is 0 Å². The summed E-state index contributed by atoms with van der Waals surface area (Å²) in [5, 5.41) is 12.8. The highest BCUT2D eigenvalue weighted by atomic mass is 19.1. The largest absolute Gasteiger partial charge is 0.477 e. The smallest absolute Gasteiger partial charge is 0.341 e. The lowest BCUT2D eigenvalue weighted by molar-refractivity contribution is 0.0695. The highest BCUT2D eigenvalue weighted by Gasteiger charge is 2.30. The van der Waals surface area contributed by atoms with Crippen LogP contribution >= 0.6 is 0 Å². The van der Waals surface area contributed by atoms with E-state index in [9.17, 15) is 19.1 Å². The number of fused-ring (bicyclic) bond motifs is 1. The van der Waals surface area contributed by atoms with Gasteiger partial charge in [-0.25, -0.2) is 9.18 Å². The van der Waals surface area contributed by atoms with Gasteiger partial charge in [-0.1, -0.05) is 0 Å². The molecule has 0 amide bonds. The van der Waals surface area contributed by atoms with E-state index in [0.29, 0.717) is 24.3 Å². The molecule has 134 valence electrons. The molecule has 0 bridgehead atoms. The first-order valence-electron chi connectivity index (χ1n) is 8.80. The van der Waals surface area contributed by atoms with Crippen LogP contribution in [0, 0.1) is 5.82 Å². The van der Waals surface area contributed by atoms with Crippen LogP contribution in [0.1, 0.15) is 29.2 Å². The predicted octanol–water partition coefficient (Wildman–Crippen LogP) is 1.89. The van der Waals surface area contributed by atoms with Crippen molar-refractivity contribution in [3.63, 3.8) is 0 Å². The maximum atomic E-state index is 14.8. The molecule has 0 spiro atoms. The third-order valence-electron chi connectivity index (χ3n) is 5.55. The molecule has 1 saturated carbocycles. The van der Waals surface area contributed by atoms with Gasteiger partial charge in [0.1, 0.15) is 11.4 Å². The van der Waals surface area contributed by atoms with Gasteiger partial charge in [0.2, 0.25) is 5.43 Å². The Bertz CT molecular complexity index is 1040. The fourth-order valence-corrected chi connectivity index (χ4v) is 4.04. The molecule has 0 saturated heterocycles. The summed E-state index contributed by atoms with van der Waals surface area (Å²) in [4.78, 5) is 25.9. The molecular weight excluding hydrogens is 337 g/mol. The zero-order valence-corrected chi connectivity index (χ0v) is 14.1. The predicted molar refractivity (Wildman–Crippen MR) is 95.5 cm³/mol. The number of nitrogens with zero attached hydrogens (tertiary/aromatic N) is 2. The summed E-state index contributed by atoms with van der Waals surface area (Å²) in [5.41, 5.74) is 2.79. The second kappa shape index (κ2) is 5.41. The van der Waals surface area contributed by atoms with Gasteiger partial charge >= 0.3 is 5.97 Å². The van der Waals surface area contributed by atoms with Crippen molar-refractivity contribution in [3.8, 4) is 0 Å². The zero-order valence-electron chi connectivity index (χ0n) is 14.1. The number of hydrogen-bond acceptors (Lipinski definition) is 4. The van der Waals surface area contributed by atoms with E-state index in [-0.39, 0.29) is 17.0 Å². The standard InChI is InChI=1S/C19H18FN3O3/c20-15-3-13-16(4-17(15)22-7-10-5-21-6-11(10)8-22)23(12-1-2-12)9-14(18(13)24)19(25)26/h3-4,9,12,21H,1-2,5-8H2,(H,25,26). The normalized spacial score (nSPS) is 19.5. The number of anilines is 1. The molecule has 1 fully saturated rings. The summed E-state index contributed by atoms with van der Waals surface area (Å²) < 4.78 is 16.7. The molecule has 3 aliphatic rings. The number of aromatic carboxylic acids is 1. The van der Waals surface area contributed by atoms with Crippen LogP contribution in [-0.2, 0) is 0 Å². The number of benzene rings is 1. The molecule has 1 aromatic heterocycles. The molecule has 1 aliphatic carbocycles. The van der Waals surface area contributed by atoms with E-state index in [1.807, 2.05) is 9.47 Å². The monoisotopic (exact) mass is 355 g/mol. The average Bonchev–Trinajstić information content (AvgIpc) is 3.21. The number of rotatable bonds is 3. The van der Waals surface area contributed by atoms with Crippen LogP contribution in [-0.4, -0.2) is 41.8 Å². The number of carboxylic acid groups (broad SMARTS) is 1. The molecule has 2 aliphatic heterocycles. The Morgan fingerprint density at radius 3 is 2.50 bits per heavy atom. The van der Waals surface area contributed by atoms with Crippen molar-refractivity contribution in [2.45, 2.75) is 18.9 Å². The number of carbonyl (C=O) groups is 1. The summed E-state index contributed by atoms with van der Waals surface area (Å²) in [5.74, 6) is -1.75. The van der Waals surface area contributed by atoms with Crippen LogP contribution in [0.2, 0.25) is 0 Å². The van der Waals surface area contributed by atoms with E-state index < -0.39 is 17.2 Å². The first-order valence-corrected chi connectivity index (χ1v) is 8.80. The number of pyridine rings is 1. The molecule has 1 aromatic carbocycles. The quantitative estimate of drug-likeness (QED) is 0.823. The van der Waals surface area contributed by atoms with E-state index in [0.717, 1.165) is 25.9 Å². The van der Waals surface area contributed by atoms with Gasteiger partial charge < -0.3 is 19.9 Å². The fourth-order valence-electron chi connectivity index (χ4n) is 4.04. The van der Waals surface area contributed by atoms with Crippen molar-refractivity contribution in [1.29, 1.82) is 0 Å². The molecule has 7 heteroatoms. The Kier molecular flexibility index (Phi) is 3.24.